The molecular formula is C22H23FN6O2. The zero-order valence-corrected chi connectivity index (χ0v) is 17.4. The molecule has 0 atom stereocenters. The number of benzene rings is 2. The minimum absolute atomic E-state index is 0.140. The minimum Gasteiger partial charge on any atom is -0.368 e. The van der Waals surface area contributed by atoms with Gasteiger partial charge >= 0.3 is 5.69 Å². The van der Waals surface area contributed by atoms with E-state index < -0.39 is 4.92 Å². The average molecular weight is 422 g/mol. The Bertz CT molecular complexity index is 1100. The second-order valence-electron chi connectivity index (χ2n) is 7.47. The van der Waals surface area contributed by atoms with Crippen LogP contribution in [-0.2, 0) is 0 Å². The standard InChI is InChI=1S/C22H23FN6O2/c1-15-4-3-5-19(16(15)2)26-21-20(29(30)31)22(25-14-24-21)28-12-10-27(11-13-28)18-8-6-17(23)7-9-18/h3-9,14H,10-13H2,1-2H3,(H,24,25,26). The average Bonchev–Trinajstić information content (AvgIpc) is 2.77. The van der Waals surface area contributed by atoms with E-state index >= 15 is 0 Å². The summed E-state index contributed by atoms with van der Waals surface area (Å²) < 4.78 is 13.2. The highest BCUT2D eigenvalue weighted by molar-refractivity contribution is 5.76. The van der Waals surface area contributed by atoms with Crippen molar-refractivity contribution in [3.63, 3.8) is 0 Å². The van der Waals surface area contributed by atoms with Crippen molar-refractivity contribution >= 4 is 28.7 Å². The van der Waals surface area contributed by atoms with Crippen molar-refractivity contribution < 1.29 is 9.31 Å². The Hall–Kier alpha value is -3.75. The number of anilines is 4. The van der Waals surface area contributed by atoms with Crippen LogP contribution in [0.15, 0.2) is 48.8 Å². The van der Waals surface area contributed by atoms with Gasteiger partial charge in [0.1, 0.15) is 12.1 Å². The Balaban J connectivity index is 1.58. The number of aromatic nitrogens is 2. The van der Waals surface area contributed by atoms with Crippen LogP contribution in [-0.4, -0.2) is 41.1 Å². The van der Waals surface area contributed by atoms with Crippen molar-refractivity contribution in [1.29, 1.82) is 0 Å². The van der Waals surface area contributed by atoms with E-state index in [1.165, 1.54) is 18.5 Å². The van der Waals surface area contributed by atoms with Crippen molar-refractivity contribution in [3.8, 4) is 0 Å². The zero-order valence-electron chi connectivity index (χ0n) is 17.4. The fraction of sp³-hybridized carbons (Fsp3) is 0.273. The van der Waals surface area contributed by atoms with Crippen molar-refractivity contribution in [1.82, 2.24) is 9.97 Å². The Kier molecular flexibility index (Phi) is 5.66. The zero-order chi connectivity index (χ0) is 22.0. The van der Waals surface area contributed by atoms with E-state index in [0.29, 0.717) is 32.0 Å². The summed E-state index contributed by atoms with van der Waals surface area (Å²) in [7, 11) is 0. The molecule has 0 radical (unpaired) electrons. The van der Waals surface area contributed by atoms with Crippen LogP contribution in [0.25, 0.3) is 0 Å². The molecule has 1 aliphatic rings. The maximum atomic E-state index is 13.2. The van der Waals surface area contributed by atoms with E-state index in [9.17, 15) is 14.5 Å². The predicted molar refractivity (Wildman–Crippen MR) is 119 cm³/mol. The number of hydrogen-bond acceptors (Lipinski definition) is 7. The molecule has 0 aliphatic carbocycles. The van der Waals surface area contributed by atoms with E-state index in [1.807, 2.05) is 36.9 Å². The summed E-state index contributed by atoms with van der Waals surface area (Å²) in [5, 5.41) is 15.1. The quantitative estimate of drug-likeness (QED) is 0.487. The third-order valence-corrected chi connectivity index (χ3v) is 5.61. The summed E-state index contributed by atoms with van der Waals surface area (Å²) >= 11 is 0. The van der Waals surface area contributed by atoms with E-state index in [1.54, 1.807) is 12.1 Å². The Morgan fingerprint density at radius 3 is 2.35 bits per heavy atom. The molecule has 31 heavy (non-hydrogen) atoms. The molecule has 0 unspecified atom stereocenters. The molecule has 1 fully saturated rings. The Labute approximate surface area is 179 Å². The molecule has 1 N–H and O–H groups in total. The first-order valence-electron chi connectivity index (χ1n) is 10.0. The summed E-state index contributed by atoms with van der Waals surface area (Å²) in [5.41, 5.74) is 3.65. The predicted octanol–water partition coefficient (Wildman–Crippen LogP) is 4.21. The molecule has 0 spiro atoms. The van der Waals surface area contributed by atoms with Crippen LogP contribution < -0.4 is 15.1 Å². The van der Waals surface area contributed by atoms with Crippen LogP contribution >= 0.6 is 0 Å². The molecule has 0 saturated carbocycles. The SMILES string of the molecule is Cc1cccc(Nc2ncnc(N3CCN(c4ccc(F)cc4)CC3)c2[N+](=O)[O-])c1C. The van der Waals surface area contributed by atoms with Gasteiger partial charge in [-0.1, -0.05) is 12.1 Å². The van der Waals surface area contributed by atoms with Crippen LogP contribution in [0.3, 0.4) is 0 Å². The highest BCUT2D eigenvalue weighted by atomic mass is 19.1. The highest BCUT2D eigenvalue weighted by Gasteiger charge is 2.29. The van der Waals surface area contributed by atoms with Crippen LogP contribution in [0.4, 0.5) is 33.1 Å². The van der Waals surface area contributed by atoms with Crippen molar-refractivity contribution in [3.05, 3.63) is 75.9 Å². The lowest BCUT2D eigenvalue weighted by molar-refractivity contribution is -0.383. The first-order chi connectivity index (χ1) is 14.9. The Morgan fingerprint density at radius 1 is 1.00 bits per heavy atom. The molecule has 0 bridgehead atoms. The summed E-state index contributed by atoms with van der Waals surface area (Å²) in [6, 6.07) is 12.1. The number of halogens is 1. The van der Waals surface area contributed by atoms with E-state index in [2.05, 4.69) is 20.2 Å². The molecule has 4 rings (SSSR count). The van der Waals surface area contributed by atoms with Gasteiger partial charge in [-0.3, -0.25) is 10.1 Å². The third kappa shape index (κ3) is 4.25. The van der Waals surface area contributed by atoms with Gasteiger partial charge in [-0.05, 0) is 55.3 Å². The number of rotatable bonds is 5. The summed E-state index contributed by atoms with van der Waals surface area (Å²) in [6.45, 7) is 6.34. The highest BCUT2D eigenvalue weighted by Crippen LogP contribution is 2.35. The smallest absolute Gasteiger partial charge is 0.353 e. The number of nitrogens with zero attached hydrogens (tertiary/aromatic N) is 5. The maximum Gasteiger partial charge on any atom is 0.353 e. The lowest BCUT2D eigenvalue weighted by Crippen LogP contribution is -2.47. The normalized spacial score (nSPS) is 13.9. The summed E-state index contributed by atoms with van der Waals surface area (Å²) in [5.74, 6) is 0.194. The van der Waals surface area contributed by atoms with Gasteiger partial charge in [-0.15, -0.1) is 0 Å². The molecule has 1 saturated heterocycles. The van der Waals surface area contributed by atoms with Gasteiger partial charge in [0.25, 0.3) is 0 Å². The van der Waals surface area contributed by atoms with Crippen molar-refractivity contribution in [2.24, 2.45) is 0 Å². The Morgan fingerprint density at radius 2 is 1.68 bits per heavy atom. The second-order valence-corrected chi connectivity index (χ2v) is 7.47. The first-order valence-corrected chi connectivity index (χ1v) is 10.0. The largest absolute Gasteiger partial charge is 0.368 e. The van der Waals surface area contributed by atoms with Crippen LogP contribution in [0.2, 0.25) is 0 Å². The number of aryl methyl sites for hydroxylation is 1. The molecule has 160 valence electrons. The van der Waals surface area contributed by atoms with Gasteiger partial charge in [-0.2, -0.15) is 0 Å². The minimum atomic E-state index is -0.435. The van der Waals surface area contributed by atoms with E-state index in [-0.39, 0.29) is 17.3 Å². The molecule has 3 aromatic rings. The molecular weight excluding hydrogens is 399 g/mol. The van der Waals surface area contributed by atoms with Gasteiger partial charge in [-0.25, -0.2) is 14.4 Å². The number of hydrogen-bond donors (Lipinski definition) is 1. The topological polar surface area (TPSA) is 87.4 Å². The van der Waals surface area contributed by atoms with Crippen LogP contribution in [0.1, 0.15) is 11.1 Å². The summed E-state index contributed by atoms with van der Waals surface area (Å²) in [6.07, 6.45) is 1.35. The second kappa shape index (κ2) is 8.55. The number of nitrogens with one attached hydrogen (secondary N) is 1. The lowest BCUT2D eigenvalue weighted by Gasteiger charge is -2.36. The van der Waals surface area contributed by atoms with Crippen LogP contribution in [0, 0.1) is 29.8 Å². The molecule has 9 heteroatoms. The molecule has 2 aromatic carbocycles. The molecule has 8 nitrogen and oxygen atoms in total. The molecule has 2 heterocycles. The molecule has 0 amide bonds. The van der Waals surface area contributed by atoms with Gasteiger partial charge in [0, 0.05) is 37.6 Å². The molecule has 1 aliphatic heterocycles. The maximum absolute atomic E-state index is 13.2. The van der Waals surface area contributed by atoms with Gasteiger partial charge in [0.15, 0.2) is 0 Å². The van der Waals surface area contributed by atoms with Gasteiger partial charge in [0.2, 0.25) is 11.6 Å². The van der Waals surface area contributed by atoms with Gasteiger partial charge in [0.05, 0.1) is 4.92 Å². The van der Waals surface area contributed by atoms with Crippen molar-refractivity contribution in [2.45, 2.75) is 13.8 Å². The fourth-order valence-electron chi connectivity index (χ4n) is 3.70. The summed E-state index contributed by atoms with van der Waals surface area (Å²) in [4.78, 5) is 23.9. The number of nitro groups is 1. The van der Waals surface area contributed by atoms with Crippen LogP contribution in [0.5, 0.6) is 0 Å². The lowest BCUT2D eigenvalue weighted by atomic mass is 10.1. The van der Waals surface area contributed by atoms with E-state index in [0.717, 1.165) is 22.5 Å². The monoisotopic (exact) mass is 422 g/mol. The van der Waals surface area contributed by atoms with E-state index in [4.69, 9.17) is 0 Å². The third-order valence-electron chi connectivity index (χ3n) is 5.61. The first kappa shape index (κ1) is 20.5. The van der Waals surface area contributed by atoms with Gasteiger partial charge < -0.3 is 15.1 Å². The molecule has 1 aromatic heterocycles. The van der Waals surface area contributed by atoms with Crippen molar-refractivity contribution in [2.75, 3.05) is 41.3 Å². The fourth-order valence-corrected chi connectivity index (χ4v) is 3.70. The number of piperazine rings is 1.